The van der Waals surface area contributed by atoms with Crippen molar-refractivity contribution in [3.8, 4) is 0 Å². The molecule has 0 saturated heterocycles. The fraction of sp³-hybridized carbons (Fsp3) is 0.462. The Morgan fingerprint density at radius 2 is 1.57 bits per heavy atom. The lowest BCUT2D eigenvalue weighted by molar-refractivity contribution is -0.143. The van der Waals surface area contributed by atoms with Crippen LogP contribution in [0.1, 0.15) is 11.1 Å². The first-order chi connectivity index (χ1) is 10.5. The van der Waals surface area contributed by atoms with Crippen LogP contribution in [0.3, 0.4) is 0 Å². The molecule has 0 aromatic heterocycles. The third-order valence-corrected chi connectivity index (χ3v) is 2.64. The first-order valence-corrected chi connectivity index (χ1v) is 6.33. The van der Waals surface area contributed by atoms with Crippen molar-refractivity contribution < 1.29 is 35.9 Å². The van der Waals surface area contributed by atoms with Crippen molar-refractivity contribution in [1.82, 2.24) is 5.32 Å². The molecule has 1 aromatic rings. The Balaban J connectivity index is 2.91. The maximum atomic E-state index is 12.7. The zero-order valence-electron chi connectivity index (χ0n) is 11.9. The minimum Gasteiger partial charge on any atom is -0.383 e. The molecular formula is C13H14F6N2O2. The summed E-state index contributed by atoms with van der Waals surface area (Å²) in [6.45, 7) is 0.330. The molecule has 1 rings (SSSR count). The van der Waals surface area contributed by atoms with Gasteiger partial charge in [0, 0.05) is 19.3 Å². The Morgan fingerprint density at radius 1 is 1.04 bits per heavy atom. The number of alkyl halides is 6. The van der Waals surface area contributed by atoms with E-state index in [1.54, 1.807) is 0 Å². The summed E-state index contributed by atoms with van der Waals surface area (Å²) in [4.78, 5) is 11.5. The molecule has 1 aromatic carbocycles. The van der Waals surface area contributed by atoms with Crippen LogP contribution in [0.15, 0.2) is 18.2 Å². The molecule has 0 heterocycles. The molecule has 10 heteroatoms. The van der Waals surface area contributed by atoms with E-state index in [2.05, 4.69) is 5.32 Å². The standard InChI is InChI=1S/C13H14F6N2O2/c1-23-3-2-20-7-11(22)21-10-5-8(12(14,15)16)4-9(6-10)13(17,18)19/h4-6,20H,2-3,7H2,1H3,(H,21,22). The lowest BCUT2D eigenvalue weighted by atomic mass is 10.1. The monoisotopic (exact) mass is 344 g/mol. The number of rotatable bonds is 6. The first-order valence-electron chi connectivity index (χ1n) is 6.33. The summed E-state index contributed by atoms with van der Waals surface area (Å²) in [5.74, 6) is -0.770. The number of anilines is 1. The Bertz CT molecular complexity index is 510. The summed E-state index contributed by atoms with van der Waals surface area (Å²) in [6, 6.07) is 0.886. The highest BCUT2D eigenvalue weighted by atomic mass is 19.4. The summed E-state index contributed by atoms with van der Waals surface area (Å²) >= 11 is 0. The van der Waals surface area contributed by atoms with Gasteiger partial charge in [-0.1, -0.05) is 0 Å². The zero-order valence-corrected chi connectivity index (χ0v) is 11.9. The third kappa shape index (κ3) is 6.45. The first kappa shape index (κ1) is 19.2. The Hall–Kier alpha value is -1.81. The number of amides is 1. The zero-order chi connectivity index (χ0) is 17.7. The number of ether oxygens (including phenoxy) is 1. The van der Waals surface area contributed by atoms with Gasteiger partial charge in [0.1, 0.15) is 0 Å². The predicted octanol–water partition coefficient (Wildman–Crippen LogP) is 2.90. The number of hydrogen-bond acceptors (Lipinski definition) is 3. The van der Waals surface area contributed by atoms with Crippen molar-refractivity contribution in [1.29, 1.82) is 0 Å². The number of nitrogens with one attached hydrogen (secondary N) is 2. The van der Waals surface area contributed by atoms with Crippen LogP contribution in [-0.2, 0) is 21.9 Å². The van der Waals surface area contributed by atoms with Gasteiger partial charge in [-0.05, 0) is 18.2 Å². The van der Waals surface area contributed by atoms with Gasteiger partial charge in [-0.15, -0.1) is 0 Å². The van der Waals surface area contributed by atoms with Gasteiger partial charge < -0.3 is 15.4 Å². The van der Waals surface area contributed by atoms with Crippen LogP contribution in [0.2, 0.25) is 0 Å². The third-order valence-electron chi connectivity index (χ3n) is 2.64. The minimum atomic E-state index is -4.96. The molecule has 0 spiro atoms. The van der Waals surface area contributed by atoms with E-state index in [1.807, 2.05) is 5.32 Å². The number of carbonyl (C=O) groups excluding carboxylic acids is 1. The van der Waals surface area contributed by atoms with Gasteiger partial charge in [0.2, 0.25) is 5.91 Å². The number of benzene rings is 1. The molecule has 0 aliphatic carbocycles. The Kier molecular flexibility index (Phi) is 6.39. The highest BCUT2D eigenvalue weighted by Gasteiger charge is 2.37. The van der Waals surface area contributed by atoms with E-state index >= 15 is 0 Å². The quantitative estimate of drug-likeness (QED) is 0.616. The Labute approximate surface area is 127 Å². The van der Waals surface area contributed by atoms with Crippen LogP contribution < -0.4 is 10.6 Å². The van der Waals surface area contributed by atoms with Gasteiger partial charge in [-0.25, -0.2) is 0 Å². The normalized spacial score (nSPS) is 12.3. The van der Waals surface area contributed by atoms with Crippen molar-refractivity contribution in [2.45, 2.75) is 12.4 Å². The summed E-state index contributed by atoms with van der Waals surface area (Å²) in [6.07, 6.45) is -9.92. The maximum absolute atomic E-state index is 12.7. The second kappa shape index (κ2) is 7.64. The van der Waals surface area contributed by atoms with Crippen molar-refractivity contribution in [2.24, 2.45) is 0 Å². The molecule has 0 atom stereocenters. The average Bonchev–Trinajstić information content (AvgIpc) is 2.41. The van der Waals surface area contributed by atoms with Gasteiger partial charge in [0.05, 0.1) is 24.3 Å². The molecular weight excluding hydrogens is 330 g/mol. The lowest BCUT2D eigenvalue weighted by Crippen LogP contribution is -2.30. The topological polar surface area (TPSA) is 50.4 Å². The summed E-state index contributed by atoms with van der Waals surface area (Å²) in [5.41, 5.74) is -3.56. The van der Waals surface area contributed by atoms with E-state index < -0.39 is 35.1 Å². The Morgan fingerprint density at radius 3 is 2.00 bits per heavy atom. The second-order valence-corrected chi connectivity index (χ2v) is 4.51. The van der Waals surface area contributed by atoms with E-state index in [0.717, 1.165) is 0 Å². The molecule has 0 bridgehead atoms. The fourth-order valence-corrected chi connectivity index (χ4v) is 1.61. The molecule has 0 aliphatic heterocycles. The van der Waals surface area contributed by atoms with E-state index in [-0.39, 0.29) is 12.6 Å². The largest absolute Gasteiger partial charge is 0.416 e. The average molecular weight is 344 g/mol. The molecule has 0 saturated carbocycles. The van der Waals surface area contributed by atoms with Crippen LogP contribution >= 0.6 is 0 Å². The van der Waals surface area contributed by atoms with E-state index in [9.17, 15) is 31.1 Å². The number of hydrogen-bond donors (Lipinski definition) is 2. The van der Waals surface area contributed by atoms with Crippen molar-refractivity contribution in [2.75, 3.05) is 32.1 Å². The summed E-state index contributed by atoms with van der Waals surface area (Å²) in [5, 5.41) is 4.62. The summed E-state index contributed by atoms with van der Waals surface area (Å²) in [7, 11) is 1.43. The molecule has 0 aliphatic rings. The van der Waals surface area contributed by atoms with E-state index in [0.29, 0.717) is 25.3 Å². The molecule has 1 amide bonds. The predicted molar refractivity (Wildman–Crippen MR) is 69.8 cm³/mol. The molecule has 0 radical (unpaired) electrons. The van der Waals surface area contributed by atoms with Crippen LogP contribution in [0.4, 0.5) is 32.0 Å². The van der Waals surface area contributed by atoms with Gasteiger partial charge in [-0.2, -0.15) is 26.3 Å². The van der Waals surface area contributed by atoms with E-state index in [1.165, 1.54) is 7.11 Å². The van der Waals surface area contributed by atoms with E-state index in [4.69, 9.17) is 4.74 Å². The molecule has 130 valence electrons. The highest BCUT2D eigenvalue weighted by molar-refractivity contribution is 5.92. The van der Waals surface area contributed by atoms with Crippen LogP contribution in [0.25, 0.3) is 0 Å². The molecule has 4 nitrogen and oxygen atoms in total. The smallest absolute Gasteiger partial charge is 0.383 e. The maximum Gasteiger partial charge on any atom is 0.416 e. The van der Waals surface area contributed by atoms with Crippen molar-refractivity contribution in [3.05, 3.63) is 29.3 Å². The molecule has 2 N–H and O–H groups in total. The second-order valence-electron chi connectivity index (χ2n) is 4.51. The molecule has 0 unspecified atom stereocenters. The fourth-order valence-electron chi connectivity index (χ4n) is 1.61. The van der Waals surface area contributed by atoms with Crippen LogP contribution in [0.5, 0.6) is 0 Å². The van der Waals surface area contributed by atoms with Gasteiger partial charge in [0.25, 0.3) is 0 Å². The van der Waals surface area contributed by atoms with Crippen LogP contribution in [0, 0.1) is 0 Å². The van der Waals surface area contributed by atoms with Gasteiger partial charge >= 0.3 is 12.4 Å². The number of halogens is 6. The molecule has 0 fully saturated rings. The number of methoxy groups -OCH3 is 1. The highest BCUT2D eigenvalue weighted by Crippen LogP contribution is 2.37. The van der Waals surface area contributed by atoms with Gasteiger partial charge in [0.15, 0.2) is 0 Å². The summed E-state index contributed by atoms with van der Waals surface area (Å²) < 4.78 is 80.6. The van der Waals surface area contributed by atoms with Gasteiger partial charge in [-0.3, -0.25) is 4.79 Å². The number of carbonyl (C=O) groups is 1. The van der Waals surface area contributed by atoms with Crippen molar-refractivity contribution in [3.63, 3.8) is 0 Å². The SMILES string of the molecule is COCCNCC(=O)Nc1cc(C(F)(F)F)cc(C(F)(F)F)c1. The molecule has 23 heavy (non-hydrogen) atoms. The lowest BCUT2D eigenvalue weighted by Gasteiger charge is -2.15. The van der Waals surface area contributed by atoms with Crippen molar-refractivity contribution >= 4 is 11.6 Å². The minimum absolute atomic E-state index is 0.00745. The van der Waals surface area contributed by atoms with Crippen LogP contribution in [-0.4, -0.2) is 32.7 Å².